The molecule has 1 heterocycles. The maximum Gasteiger partial charge on any atom is 0.337 e. The number of hydrogen-bond acceptors (Lipinski definition) is 5. The molecule has 0 radical (unpaired) electrons. The van der Waals surface area contributed by atoms with E-state index in [2.05, 4.69) is 10.3 Å². The molecular weight excluding hydrogens is 344 g/mol. The summed E-state index contributed by atoms with van der Waals surface area (Å²) in [4.78, 5) is 16.7. The third-order valence-electron chi connectivity index (χ3n) is 3.49. The first-order valence-corrected chi connectivity index (χ1v) is 8.48. The summed E-state index contributed by atoms with van der Waals surface area (Å²) >= 11 is 7.28. The zero-order chi connectivity index (χ0) is 16.9. The fourth-order valence-corrected chi connectivity index (χ4v) is 3.20. The van der Waals surface area contributed by atoms with Crippen molar-refractivity contribution in [2.24, 2.45) is 0 Å². The van der Waals surface area contributed by atoms with Gasteiger partial charge in [-0.25, -0.2) is 9.78 Å². The van der Waals surface area contributed by atoms with E-state index in [0.29, 0.717) is 16.6 Å². The zero-order valence-corrected chi connectivity index (χ0v) is 14.5. The van der Waals surface area contributed by atoms with Gasteiger partial charge in [-0.3, -0.25) is 0 Å². The molecule has 0 bridgehead atoms. The van der Waals surface area contributed by atoms with Crippen molar-refractivity contribution < 1.29 is 9.53 Å². The summed E-state index contributed by atoms with van der Waals surface area (Å²) < 4.78 is 5.31. The standard InChI is InChI=1S/C18H15ClN2O2S/c1-23-17(22)14-4-2-3-13(9-14)12-5-7-15(8-6-12)20-10-16-11-21-18(19)24-16/h2-9,11,20H,10H2,1H3. The number of nitrogens with zero attached hydrogens (tertiary/aromatic N) is 1. The van der Waals surface area contributed by atoms with Crippen molar-refractivity contribution in [3.05, 3.63) is 69.6 Å². The Morgan fingerprint density at radius 1 is 1.21 bits per heavy atom. The van der Waals surface area contributed by atoms with Gasteiger partial charge in [-0.1, -0.05) is 35.9 Å². The molecule has 0 unspecified atom stereocenters. The molecule has 3 aromatic rings. The van der Waals surface area contributed by atoms with Crippen LogP contribution in [0.2, 0.25) is 4.47 Å². The highest BCUT2D eigenvalue weighted by Crippen LogP contribution is 2.24. The average molecular weight is 359 g/mol. The Morgan fingerprint density at radius 2 is 2.00 bits per heavy atom. The van der Waals surface area contributed by atoms with E-state index in [9.17, 15) is 4.79 Å². The maximum absolute atomic E-state index is 11.6. The van der Waals surface area contributed by atoms with Gasteiger partial charge in [0.1, 0.15) is 0 Å². The minimum Gasteiger partial charge on any atom is -0.465 e. The number of halogens is 1. The number of nitrogens with one attached hydrogen (secondary N) is 1. The number of carbonyl (C=O) groups excluding carboxylic acids is 1. The van der Waals surface area contributed by atoms with Crippen LogP contribution in [0.15, 0.2) is 54.7 Å². The van der Waals surface area contributed by atoms with Crippen molar-refractivity contribution in [3.8, 4) is 11.1 Å². The van der Waals surface area contributed by atoms with E-state index in [-0.39, 0.29) is 5.97 Å². The lowest BCUT2D eigenvalue weighted by molar-refractivity contribution is 0.0601. The molecule has 0 saturated carbocycles. The van der Waals surface area contributed by atoms with E-state index in [1.54, 1.807) is 12.3 Å². The topological polar surface area (TPSA) is 51.2 Å². The Bertz CT molecular complexity index is 846. The van der Waals surface area contributed by atoms with Gasteiger partial charge < -0.3 is 10.1 Å². The second-order valence-corrected chi connectivity index (χ2v) is 6.78. The summed E-state index contributed by atoms with van der Waals surface area (Å²) in [5.74, 6) is -0.335. The molecule has 1 aromatic heterocycles. The number of thiazole rings is 1. The van der Waals surface area contributed by atoms with Crippen molar-refractivity contribution in [1.82, 2.24) is 4.98 Å². The van der Waals surface area contributed by atoms with Crippen LogP contribution < -0.4 is 5.32 Å². The number of ether oxygens (including phenoxy) is 1. The Hall–Kier alpha value is -2.37. The van der Waals surface area contributed by atoms with Gasteiger partial charge in [0.2, 0.25) is 0 Å². The van der Waals surface area contributed by atoms with Gasteiger partial charge in [-0.05, 0) is 35.4 Å². The molecular formula is C18H15ClN2O2S. The molecule has 24 heavy (non-hydrogen) atoms. The number of benzene rings is 2. The highest BCUT2D eigenvalue weighted by molar-refractivity contribution is 7.15. The van der Waals surface area contributed by atoms with Crippen LogP contribution in [0.1, 0.15) is 15.2 Å². The number of anilines is 1. The largest absolute Gasteiger partial charge is 0.465 e. The Morgan fingerprint density at radius 3 is 2.67 bits per heavy atom. The molecule has 3 rings (SSSR count). The minimum absolute atomic E-state index is 0.335. The molecule has 0 atom stereocenters. The quantitative estimate of drug-likeness (QED) is 0.661. The minimum atomic E-state index is -0.335. The number of methoxy groups -OCH3 is 1. The van der Waals surface area contributed by atoms with Crippen molar-refractivity contribution in [2.75, 3.05) is 12.4 Å². The van der Waals surface area contributed by atoms with Gasteiger partial charge >= 0.3 is 5.97 Å². The Kier molecular flexibility index (Phi) is 5.13. The van der Waals surface area contributed by atoms with Crippen molar-refractivity contribution in [1.29, 1.82) is 0 Å². The SMILES string of the molecule is COC(=O)c1cccc(-c2ccc(NCc3cnc(Cl)s3)cc2)c1. The first-order valence-electron chi connectivity index (χ1n) is 7.28. The van der Waals surface area contributed by atoms with Crippen LogP contribution in [0.25, 0.3) is 11.1 Å². The predicted octanol–water partition coefficient (Wildman–Crippen LogP) is 4.86. The van der Waals surface area contributed by atoms with Crippen LogP contribution >= 0.6 is 22.9 Å². The molecule has 0 amide bonds. The third kappa shape index (κ3) is 3.93. The first-order chi connectivity index (χ1) is 11.7. The zero-order valence-electron chi connectivity index (χ0n) is 13.0. The van der Waals surface area contributed by atoms with Gasteiger partial charge in [0, 0.05) is 16.8 Å². The van der Waals surface area contributed by atoms with Gasteiger partial charge in [0.25, 0.3) is 0 Å². The monoisotopic (exact) mass is 358 g/mol. The van der Waals surface area contributed by atoms with Crippen LogP contribution in [0.5, 0.6) is 0 Å². The van der Waals surface area contributed by atoms with E-state index in [1.807, 2.05) is 42.5 Å². The van der Waals surface area contributed by atoms with Gasteiger partial charge in [0.15, 0.2) is 4.47 Å². The summed E-state index contributed by atoms with van der Waals surface area (Å²) in [5, 5.41) is 3.33. The van der Waals surface area contributed by atoms with E-state index in [0.717, 1.165) is 21.7 Å². The van der Waals surface area contributed by atoms with Crippen molar-refractivity contribution >= 4 is 34.6 Å². The lowest BCUT2D eigenvalue weighted by Crippen LogP contribution is -2.00. The molecule has 0 spiro atoms. The van der Waals surface area contributed by atoms with Crippen LogP contribution in [0, 0.1) is 0 Å². The lowest BCUT2D eigenvalue weighted by atomic mass is 10.0. The highest BCUT2D eigenvalue weighted by atomic mass is 35.5. The van der Waals surface area contributed by atoms with Crippen LogP contribution in [-0.2, 0) is 11.3 Å². The van der Waals surface area contributed by atoms with Crippen molar-refractivity contribution in [3.63, 3.8) is 0 Å². The number of hydrogen-bond donors (Lipinski definition) is 1. The number of rotatable bonds is 5. The molecule has 122 valence electrons. The van der Waals surface area contributed by atoms with Gasteiger partial charge in [-0.15, -0.1) is 11.3 Å². The summed E-state index contributed by atoms with van der Waals surface area (Å²) in [6.07, 6.45) is 1.77. The molecule has 1 N–H and O–H groups in total. The van der Waals surface area contributed by atoms with E-state index < -0.39 is 0 Å². The molecule has 2 aromatic carbocycles. The third-order valence-corrected chi connectivity index (χ3v) is 4.61. The van der Waals surface area contributed by atoms with Gasteiger partial charge in [-0.2, -0.15) is 0 Å². The second kappa shape index (κ2) is 7.47. The summed E-state index contributed by atoms with van der Waals surface area (Å²) in [5.41, 5.74) is 3.55. The molecule has 0 aliphatic rings. The lowest BCUT2D eigenvalue weighted by Gasteiger charge is -2.07. The normalized spacial score (nSPS) is 10.4. The number of aromatic nitrogens is 1. The first kappa shape index (κ1) is 16.5. The number of carbonyl (C=O) groups is 1. The molecule has 0 aliphatic heterocycles. The van der Waals surface area contributed by atoms with Crippen LogP contribution in [-0.4, -0.2) is 18.1 Å². The summed E-state index contributed by atoms with van der Waals surface area (Å²) in [7, 11) is 1.38. The van der Waals surface area contributed by atoms with Crippen LogP contribution in [0.4, 0.5) is 5.69 Å². The molecule has 0 fully saturated rings. The van der Waals surface area contributed by atoms with Crippen LogP contribution in [0.3, 0.4) is 0 Å². The summed E-state index contributed by atoms with van der Waals surface area (Å²) in [6.45, 7) is 0.682. The fraction of sp³-hybridized carbons (Fsp3) is 0.111. The van der Waals surface area contributed by atoms with E-state index in [4.69, 9.17) is 16.3 Å². The van der Waals surface area contributed by atoms with Gasteiger partial charge in [0.05, 0.1) is 19.2 Å². The Labute approximate surface area is 149 Å². The summed E-state index contributed by atoms with van der Waals surface area (Å²) in [6, 6.07) is 15.4. The predicted molar refractivity (Wildman–Crippen MR) is 97.7 cm³/mol. The number of esters is 1. The maximum atomic E-state index is 11.6. The smallest absolute Gasteiger partial charge is 0.337 e. The van der Waals surface area contributed by atoms with E-state index in [1.165, 1.54) is 18.4 Å². The fourth-order valence-electron chi connectivity index (χ4n) is 2.28. The Balaban J connectivity index is 1.71. The van der Waals surface area contributed by atoms with Crippen molar-refractivity contribution in [2.45, 2.75) is 6.54 Å². The van der Waals surface area contributed by atoms with E-state index >= 15 is 0 Å². The molecule has 6 heteroatoms. The molecule has 4 nitrogen and oxygen atoms in total. The molecule has 0 saturated heterocycles. The average Bonchev–Trinajstić information content (AvgIpc) is 3.05. The second-order valence-electron chi connectivity index (χ2n) is 5.08. The highest BCUT2D eigenvalue weighted by Gasteiger charge is 2.07. The molecule has 0 aliphatic carbocycles.